The van der Waals surface area contributed by atoms with Gasteiger partial charge < -0.3 is 10.6 Å². The average molecular weight is 336 g/mol. The number of carbonyl (C=O) groups excluding carboxylic acids is 2. The number of anilines is 1. The van der Waals surface area contributed by atoms with Crippen molar-refractivity contribution in [2.75, 3.05) is 12.4 Å². The van der Waals surface area contributed by atoms with Crippen LogP contribution in [0.1, 0.15) is 20.7 Å². The summed E-state index contributed by atoms with van der Waals surface area (Å²) in [6, 6.07) is 12.4. The topological polar surface area (TPSA) is 58.2 Å². The van der Waals surface area contributed by atoms with Crippen molar-refractivity contribution in [2.24, 2.45) is 0 Å². The predicted molar refractivity (Wildman–Crippen MR) is 86.1 cm³/mol. The Morgan fingerprint density at radius 1 is 1.00 bits per heavy atom. The Balaban J connectivity index is 2.08. The summed E-state index contributed by atoms with van der Waals surface area (Å²) in [5.41, 5.74) is 1.24. The number of alkyl halides is 2. The molecule has 0 fully saturated rings. The van der Waals surface area contributed by atoms with Gasteiger partial charge in [-0.25, -0.2) is 0 Å². The Bertz CT molecular complexity index is 705. The van der Waals surface area contributed by atoms with Crippen molar-refractivity contribution >= 4 is 29.3 Å². The molecule has 0 heterocycles. The van der Waals surface area contributed by atoms with Gasteiger partial charge in [0, 0.05) is 28.8 Å². The molecule has 0 aliphatic rings. The van der Waals surface area contributed by atoms with Gasteiger partial charge in [-0.1, -0.05) is 17.8 Å². The van der Waals surface area contributed by atoms with Gasteiger partial charge in [0.05, 0.1) is 0 Å². The van der Waals surface area contributed by atoms with Gasteiger partial charge in [0.1, 0.15) is 0 Å². The standard InChI is InChI=1S/C16H14F2N2O2S/c1-19-14(21)11-3-2-4-12(9-11)20-15(22)10-5-7-13(8-6-10)23-16(17)18/h2-9,16H,1H3,(H,19,21)(H,20,22). The number of hydrogen-bond donors (Lipinski definition) is 2. The van der Waals surface area contributed by atoms with Gasteiger partial charge >= 0.3 is 0 Å². The third-order valence-electron chi connectivity index (χ3n) is 2.95. The molecule has 2 N–H and O–H groups in total. The number of benzene rings is 2. The van der Waals surface area contributed by atoms with E-state index < -0.39 is 5.76 Å². The van der Waals surface area contributed by atoms with Crippen LogP contribution in [0.3, 0.4) is 0 Å². The van der Waals surface area contributed by atoms with Crippen LogP contribution in [0.4, 0.5) is 14.5 Å². The van der Waals surface area contributed by atoms with Crippen LogP contribution in [0.15, 0.2) is 53.4 Å². The van der Waals surface area contributed by atoms with Crippen LogP contribution in [0.25, 0.3) is 0 Å². The van der Waals surface area contributed by atoms with Crippen molar-refractivity contribution in [2.45, 2.75) is 10.7 Å². The van der Waals surface area contributed by atoms with E-state index in [0.29, 0.717) is 33.5 Å². The number of rotatable bonds is 5. The molecule has 4 nitrogen and oxygen atoms in total. The lowest BCUT2D eigenvalue weighted by molar-refractivity contribution is 0.0961. The molecule has 0 radical (unpaired) electrons. The summed E-state index contributed by atoms with van der Waals surface area (Å²) in [5.74, 6) is -3.13. The monoisotopic (exact) mass is 336 g/mol. The molecular formula is C16H14F2N2O2S. The molecule has 0 aliphatic heterocycles. The Morgan fingerprint density at radius 3 is 2.30 bits per heavy atom. The van der Waals surface area contributed by atoms with Crippen molar-refractivity contribution in [1.82, 2.24) is 5.32 Å². The highest BCUT2D eigenvalue weighted by atomic mass is 32.2. The zero-order chi connectivity index (χ0) is 16.8. The summed E-state index contributed by atoms with van der Waals surface area (Å²) < 4.78 is 24.5. The third kappa shape index (κ3) is 4.79. The second-order valence-electron chi connectivity index (χ2n) is 4.52. The zero-order valence-electron chi connectivity index (χ0n) is 12.2. The molecule has 0 saturated heterocycles. The fourth-order valence-corrected chi connectivity index (χ4v) is 2.37. The number of amides is 2. The van der Waals surface area contributed by atoms with Crippen molar-refractivity contribution in [3.8, 4) is 0 Å². The molecule has 23 heavy (non-hydrogen) atoms. The second kappa shape index (κ2) is 7.73. The maximum Gasteiger partial charge on any atom is 0.288 e. The van der Waals surface area contributed by atoms with Gasteiger partial charge in [-0.3, -0.25) is 9.59 Å². The van der Waals surface area contributed by atoms with Crippen LogP contribution < -0.4 is 10.6 Å². The first-order chi connectivity index (χ1) is 11.0. The molecule has 2 rings (SSSR count). The van der Waals surface area contributed by atoms with E-state index in [-0.39, 0.29) is 11.8 Å². The fraction of sp³-hybridized carbons (Fsp3) is 0.125. The van der Waals surface area contributed by atoms with Crippen molar-refractivity contribution in [1.29, 1.82) is 0 Å². The summed E-state index contributed by atoms with van der Waals surface area (Å²) in [6.45, 7) is 0. The zero-order valence-corrected chi connectivity index (χ0v) is 13.0. The Labute approximate surface area is 136 Å². The summed E-state index contributed by atoms with van der Waals surface area (Å²) in [4.78, 5) is 24.1. The van der Waals surface area contributed by atoms with Crippen LogP contribution in [0.5, 0.6) is 0 Å². The molecule has 2 aromatic carbocycles. The molecule has 0 aliphatic carbocycles. The lowest BCUT2D eigenvalue weighted by Crippen LogP contribution is -2.18. The minimum atomic E-state index is -2.50. The fourth-order valence-electron chi connectivity index (χ4n) is 1.87. The summed E-state index contributed by atoms with van der Waals surface area (Å²) in [7, 11) is 1.52. The van der Waals surface area contributed by atoms with Gasteiger partial charge in [-0.2, -0.15) is 8.78 Å². The molecule has 2 amide bonds. The van der Waals surface area contributed by atoms with Gasteiger partial charge in [0.15, 0.2) is 0 Å². The highest BCUT2D eigenvalue weighted by Crippen LogP contribution is 2.25. The normalized spacial score (nSPS) is 10.4. The highest BCUT2D eigenvalue weighted by molar-refractivity contribution is 7.99. The van der Waals surface area contributed by atoms with Crippen molar-refractivity contribution in [3.05, 3.63) is 59.7 Å². The van der Waals surface area contributed by atoms with E-state index in [9.17, 15) is 18.4 Å². The first kappa shape index (κ1) is 17.0. The summed E-state index contributed by atoms with van der Waals surface area (Å²) in [5, 5.41) is 5.16. The van der Waals surface area contributed by atoms with E-state index in [0.717, 1.165) is 0 Å². The lowest BCUT2D eigenvalue weighted by atomic mass is 10.1. The van der Waals surface area contributed by atoms with Crippen LogP contribution >= 0.6 is 11.8 Å². The highest BCUT2D eigenvalue weighted by Gasteiger charge is 2.10. The number of hydrogen-bond acceptors (Lipinski definition) is 3. The van der Waals surface area contributed by atoms with Crippen LogP contribution in [0, 0.1) is 0 Å². The Kier molecular flexibility index (Phi) is 5.70. The first-order valence-corrected chi connectivity index (χ1v) is 7.56. The minimum absolute atomic E-state index is 0.255. The smallest absolute Gasteiger partial charge is 0.288 e. The van der Waals surface area contributed by atoms with Crippen LogP contribution in [-0.2, 0) is 0 Å². The van der Waals surface area contributed by atoms with Gasteiger partial charge in [0.2, 0.25) is 0 Å². The molecule has 120 valence electrons. The lowest BCUT2D eigenvalue weighted by Gasteiger charge is -2.08. The second-order valence-corrected chi connectivity index (χ2v) is 5.58. The molecule has 0 unspecified atom stereocenters. The van der Waals surface area contributed by atoms with Crippen molar-refractivity contribution in [3.63, 3.8) is 0 Å². The number of nitrogens with one attached hydrogen (secondary N) is 2. The van der Waals surface area contributed by atoms with Gasteiger partial charge in [-0.05, 0) is 42.5 Å². The maximum atomic E-state index is 12.3. The molecule has 2 aromatic rings. The summed E-state index contributed by atoms with van der Waals surface area (Å²) in [6.07, 6.45) is 0. The molecule has 0 aromatic heterocycles. The predicted octanol–water partition coefficient (Wildman–Crippen LogP) is 3.61. The average Bonchev–Trinajstić information content (AvgIpc) is 2.54. The van der Waals surface area contributed by atoms with Gasteiger partial charge in [-0.15, -0.1) is 0 Å². The molecule has 0 saturated carbocycles. The van der Waals surface area contributed by atoms with Crippen LogP contribution in [0.2, 0.25) is 0 Å². The van der Waals surface area contributed by atoms with E-state index in [2.05, 4.69) is 10.6 Å². The SMILES string of the molecule is CNC(=O)c1cccc(NC(=O)c2ccc(SC(F)F)cc2)c1. The number of carbonyl (C=O) groups is 2. The number of thioether (sulfide) groups is 1. The van der Waals surface area contributed by atoms with Crippen LogP contribution in [-0.4, -0.2) is 24.6 Å². The van der Waals surface area contributed by atoms with Gasteiger partial charge in [0.25, 0.3) is 17.6 Å². The van der Waals surface area contributed by atoms with E-state index in [4.69, 9.17) is 0 Å². The number of halogens is 2. The molecule has 0 bridgehead atoms. The van der Waals surface area contributed by atoms with E-state index in [1.165, 1.54) is 31.3 Å². The van der Waals surface area contributed by atoms with E-state index in [1.807, 2.05) is 0 Å². The largest absolute Gasteiger partial charge is 0.355 e. The quantitative estimate of drug-likeness (QED) is 0.820. The molecule has 7 heteroatoms. The Morgan fingerprint density at radius 2 is 1.70 bits per heavy atom. The van der Waals surface area contributed by atoms with E-state index >= 15 is 0 Å². The molecular weight excluding hydrogens is 322 g/mol. The summed E-state index contributed by atoms with van der Waals surface area (Å²) >= 11 is 0.421. The third-order valence-corrected chi connectivity index (χ3v) is 3.67. The molecule has 0 spiro atoms. The van der Waals surface area contributed by atoms with Crippen molar-refractivity contribution < 1.29 is 18.4 Å². The first-order valence-electron chi connectivity index (χ1n) is 6.68. The Hall–Kier alpha value is -2.41. The maximum absolute atomic E-state index is 12.3. The minimum Gasteiger partial charge on any atom is -0.355 e. The van der Waals surface area contributed by atoms with E-state index in [1.54, 1.807) is 24.3 Å². The molecule has 0 atom stereocenters.